The Bertz CT molecular complexity index is 1560. The van der Waals surface area contributed by atoms with Gasteiger partial charge in [-0.1, -0.05) is 6.07 Å². The molecule has 1 aliphatic rings. The second kappa shape index (κ2) is 8.81. The third-order valence-corrected chi connectivity index (χ3v) is 5.89. The van der Waals surface area contributed by atoms with E-state index in [0.717, 1.165) is 11.8 Å². The molecule has 4 heterocycles. The first-order valence-corrected chi connectivity index (χ1v) is 10.9. The molecular weight excluding hydrogens is 469 g/mol. The summed E-state index contributed by atoms with van der Waals surface area (Å²) >= 11 is 0. The van der Waals surface area contributed by atoms with E-state index in [0.29, 0.717) is 39.6 Å². The molecule has 36 heavy (non-hydrogen) atoms. The number of allylic oxidation sites excluding steroid dienone is 2. The fraction of sp³-hybridized carbons (Fsp3) is 0.160. The Morgan fingerprint density at radius 2 is 1.97 bits per heavy atom. The van der Waals surface area contributed by atoms with E-state index in [1.54, 1.807) is 37.4 Å². The van der Waals surface area contributed by atoms with Crippen molar-refractivity contribution < 1.29 is 13.2 Å². The zero-order valence-electron chi connectivity index (χ0n) is 19.2. The van der Waals surface area contributed by atoms with Crippen molar-refractivity contribution in [2.75, 3.05) is 10.2 Å². The first-order valence-electron chi connectivity index (χ1n) is 10.9. The van der Waals surface area contributed by atoms with Crippen molar-refractivity contribution in [2.45, 2.75) is 26.1 Å². The highest BCUT2D eigenvalue weighted by Crippen LogP contribution is 2.38. The summed E-state index contributed by atoms with van der Waals surface area (Å²) in [4.78, 5) is 21.7. The van der Waals surface area contributed by atoms with Gasteiger partial charge in [0.05, 0.1) is 29.6 Å². The second-order valence-electron chi connectivity index (χ2n) is 8.23. The van der Waals surface area contributed by atoms with Crippen molar-refractivity contribution in [3.05, 3.63) is 78.2 Å². The molecule has 0 saturated heterocycles. The van der Waals surface area contributed by atoms with Crippen LogP contribution in [0.15, 0.2) is 72.6 Å². The monoisotopic (exact) mass is 488 g/mol. The Morgan fingerprint density at radius 1 is 1.14 bits per heavy atom. The molecule has 0 bridgehead atoms. The number of aromatic nitrogens is 5. The lowest BCUT2D eigenvalue weighted by Crippen LogP contribution is -2.33. The highest BCUT2D eigenvalue weighted by atomic mass is 19.4. The van der Waals surface area contributed by atoms with Crippen LogP contribution in [-0.2, 0) is 0 Å². The minimum absolute atomic E-state index is 0.384. The average Bonchev–Trinajstić information content (AvgIpc) is 3.34. The molecular formula is C25H19F3N8. The molecule has 0 fully saturated rings. The van der Waals surface area contributed by atoms with Gasteiger partial charge in [0, 0.05) is 29.3 Å². The number of H-pyrrole nitrogens is 1. The molecule has 5 rings (SSSR count). The molecule has 2 N–H and O–H groups in total. The number of aromatic amines is 1. The summed E-state index contributed by atoms with van der Waals surface area (Å²) in [6.45, 7) is 3.62. The minimum Gasteiger partial charge on any atom is -0.341 e. The number of nitriles is 1. The van der Waals surface area contributed by atoms with Crippen molar-refractivity contribution in [3.63, 3.8) is 0 Å². The number of nitrogens with zero attached hydrogens (tertiary/aromatic N) is 6. The van der Waals surface area contributed by atoms with Gasteiger partial charge in [-0.3, -0.25) is 0 Å². The third kappa shape index (κ3) is 4.13. The van der Waals surface area contributed by atoms with Crippen LogP contribution in [0.1, 0.15) is 12.5 Å². The first-order chi connectivity index (χ1) is 17.3. The van der Waals surface area contributed by atoms with E-state index < -0.39 is 17.8 Å². The van der Waals surface area contributed by atoms with Crippen molar-refractivity contribution in [3.8, 4) is 17.3 Å². The van der Waals surface area contributed by atoms with Gasteiger partial charge in [-0.15, -0.1) is 0 Å². The predicted octanol–water partition coefficient (Wildman–Crippen LogP) is 5.57. The summed E-state index contributed by atoms with van der Waals surface area (Å²) in [5.74, 6) is 0.511. The Hall–Kier alpha value is -4.72. The highest BCUT2D eigenvalue weighted by molar-refractivity contribution is 5.91. The van der Waals surface area contributed by atoms with Crippen molar-refractivity contribution in [1.29, 1.82) is 5.26 Å². The number of pyridine rings is 1. The van der Waals surface area contributed by atoms with E-state index in [1.807, 2.05) is 19.1 Å². The number of halogens is 3. The lowest BCUT2D eigenvalue weighted by molar-refractivity contribution is -0.0893. The van der Waals surface area contributed by atoms with Crippen LogP contribution in [0.5, 0.6) is 0 Å². The number of nitrogens with one attached hydrogen (secondary N) is 2. The molecule has 4 aromatic rings. The smallest absolute Gasteiger partial charge is 0.341 e. The fourth-order valence-corrected chi connectivity index (χ4v) is 4.07. The van der Waals surface area contributed by atoms with E-state index in [4.69, 9.17) is 0 Å². The number of hydrogen-bond acceptors (Lipinski definition) is 7. The van der Waals surface area contributed by atoms with Crippen LogP contribution < -0.4 is 10.2 Å². The van der Waals surface area contributed by atoms with Gasteiger partial charge < -0.3 is 15.2 Å². The van der Waals surface area contributed by atoms with Crippen molar-refractivity contribution >= 4 is 28.4 Å². The van der Waals surface area contributed by atoms with Crippen molar-refractivity contribution in [2.24, 2.45) is 0 Å². The van der Waals surface area contributed by atoms with Crippen LogP contribution in [0.4, 0.5) is 30.4 Å². The lowest BCUT2D eigenvalue weighted by Gasteiger charge is -2.32. The number of hydrogen-bond donors (Lipinski definition) is 2. The number of anilines is 3. The van der Waals surface area contributed by atoms with Crippen LogP contribution >= 0.6 is 0 Å². The summed E-state index contributed by atoms with van der Waals surface area (Å²) in [6, 6.07) is 10.2. The highest BCUT2D eigenvalue weighted by Gasteiger charge is 2.39. The molecule has 1 aromatic carbocycles. The predicted molar refractivity (Wildman–Crippen MR) is 129 cm³/mol. The maximum atomic E-state index is 13.6. The number of imidazole rings is 1. The van der Waals surface area contributed by atoms with Gasteiger partial charge >= 0.3 is 6.18 Å². The molecule has 0 amide bonds. The Kier molecular flexibility index (Phi) is 5.64. The third-order valence-electron chi connectivity index (χ3n) is 5.89. The topological polar surface area (TPSA) is 106 Å². The first kappa shape index (κ1) is 23.0. The maximum absolute atomic E-state index is 13.6. The molecule has 1 atom stereocenters. The zero-order chi connectivity index (χ0) is 25.4. The molecule has 0 radical (unpaired) electrons. The van der Waals surface area contributed by atoms with Crippen LogP contribution in [0.25, 0.3) is 22.4 Å². The lowest BCUT2D eigenvalue weighted by atomic mass is 9.99. The van der Waals surface area contributed by atoms with E-state index in [1.165, 1.54) is 23.6 Å². The summed E-state index contributed by atoms with van der Waals surface area (Å²) in [6.07, 6.45) is 2.25. The van der Waals surface area contributed by atoms with Crippen LogP contribution in [0.3, 0.4) is 0 Å². The van der Waals surface area contributed by atoms with Crippen LogP contribution in [0.2, 0.25) is 0 Å². The molecule has 0 aliphatic carbocycles. The largest absolute Gasteiger partial charge is 0.419 e. The quantitative estimate of drug-likeness (QED) is 0.387. The molecule has 8 nitrogen and oxygen atoms in total. The summed E-state index contributed by atoms with van der Waals surface area (Å²) < 4.78 is 40.8. The average molecular weight is 488 g/mol. The normalized spacial score (nSPS) is 15.9. The second-order valence-corrected chi connectivity index (χ2v) is 8.23. The van der Waals surface area contributed by atoms with Gasteiger partial charge in [0.25, 0.3) is 0 Å². The molecule has 1 aliphatic heterocycles. The van der Waals surface area contributed by atoms with Gasteiger partial charge in [-0.2, -0.15) is 18.4 Å². The van der Waals surface area contributed by atoms with Crippen molar-refractivity contribution in [1.82, 2.24) is 24.9 Å². The Morgan fingerprint density at radius 3 is 2.75 bits per heavy atom. The molecule has 11 heteroatoms. The van der Waals surface area contributed by atoms with E-state index in [-0.39, 0.29) is 5.57 Å². The minimum atomic E-state index is -4.65. The van der Waals surface area contributed by atoms with Gasteiger partial charge in [0.15, 0.2) is 5.65 Å². The molecule has 0 spiro atoms. The van der Waals surface area contributed by atoms with Gasteiger partial charge in [-0.25, -0.2) is 19.9 Å². The van der Waals surface area contributed by atoms with Gasteiger partial charge in [-0.05, 0) is 49.8 Å². The van der Waals surface area contributed by atoms with Crippen LogP contribution in [0, 0.1) is 18.3 Å². The SMILES string of the molecule is Cc1ccc(N2C=C(C(F)(F)F)C(C#N)=CC2C)cc1Nc1ncccc1-c1ncnc2nc[nH]c12. The number of benzene rings is 1. The van der Waals surface area contributed by atoms with Gasteiger partial charge in [0.2, 0.25) is 0 Å². The maximum Gasteiger partial charge on any atom is 0.419 e. The summed E-state index contributed by atoms with van der Waals surface area (Å²) in [5, 5.41) is 12.5. The standard InChI is InChI=1S/C25H19F3N8/c1-14-5-6-17(36-11-19(25(26,27)28)16(10-29)8-15(36)2)9-20(14)35-23-18(4-3-7-30-23)21-22-24(33-12-31-21)34-13-32-22/h3-9,11-13,15H,1-2H3,(H,30,35)(H,31,32,33,34). The Balaban J connectivity index is 1.54. The fourth-order valence-electron chi connectivity index (χ4n) is 4.07. The van der Waals surface area contributed by atoms with E-state index >= 15 is 0 Å². The number of aryl methyl sites for hydroxylation is 1. The summed E-state index contributed by atoms with van der Waals surface area (Å²) in [5.41, 5.74) is 3.18. The number of alkyl halides is 3. The molecule has 0 saturated carbocycles. The Labute approximate surface area is 203 Å². The number of rotatable bonds is 4. The van der Waals surface area contributed by atoms with E-state index in [9.17, 15) is 18.4 Å². The van der Waals surface area contributed by atoms with Crippen LogP contribution in [-0.4, -0.2) is 37.1 Å². The van der Waals surface area contributed by atoms with E-state index in [2.05, 4.69) is 30.2 Å². The zero-order valence-corrected chi connectivity index (χ0v) is 19.2. The molecule has 1 unspecified atom stereocenters. The number of fused-ring (bicyclic) bond motifs is 1. The summed E-state index contributed by atoms with van der Waals surface area (Å²) in [7, 11) is 0. The van der Waals surface area contributed by atoms with Gasteiger partial charge in [0.1, 0.15) is 23.4 Å². The molecule has 180 valence electrons. The molecule has 3 aromatic heterocycles.